The Hall–Kier alpha value is -1.06. The van der Waals surface area contributed by atoms with Gasteiger partial charge in [0.15, 0.2) is 0 Å². The molecule has 0 fully saturated rings. The van der Waals surface area contributed by atoms with Crippen LogP contribution in [-0.2, 0) is 11.2 Å². The molecule has 1 atom stereocenters. The first-order chi connectivity index (χ1) is 8.22. The van der Waals surface area contributed by atoms with Crippen molar-refractivity contribution in [2.75, 3.05) is 20.3 Å². The fraction of sp³-hybridized carbons (Fsp3) is 0.571. The lowest BCUT2D eigenvalue weighted by atomic mass is 10.1. The van der Waals surface area contributed by atoms with Gasteiger partial charge in [-0.2, -0.15) is 0 Å². The Morgan fingerprint density at radius 2 is 1.94 bits per heavy atom. The van der Waals surface area contributed by atoms with Crippen LogP contribution < -0.4 is 5.32 Å². The summed E-state index contributed by atoms with van der Waals surface area (Å²) in [6.07, 6.45) is 3.24. The summed E-state index contributed by atoms with van der Waals surface area (Å²) in [7, 11) is 1.74. The standard InChI is InChI=1S/C14H23NO2/c1-12(15-9-3-4-10-17-2)11-13-5-7-14(16)8-6-13/h5-8,12,15-16H,3-4,9-11H2,1-2H3. The maximum atomic E-state index is 9.19. The third-order valence-electron chi connectivity index (χ3n) is 2.75. The Kier molecular flexibility index (Phi) is 6.67. The van der Waals surface area contributed by atoms with E-state index in [4.69, 9.17) is 4.74 Å². The summed E-state index contributed by atoms with van der Waals surface area (Å²) in [5.74, 6) is 0.328. The monoisotopic (exact) mass is 237 g/mol. The minimum atomic E-state index is 0.328. The molecule has 0 aliphatic rings. The zero-order chi connectivity index (χ0) is 12.5. The van der Waals surface area contributed by atoms with Crippen LogP contribution in [0.1, 0.15) is 25.3 Å². The highest BCUT2D eigenvalue weighted by Gasteiger charge is 2.02. The van der Waals surface area contributed by atoms with Crippen molar-refractivity contribution in [2.45, 2.75) is 32.2 Å². The number of phenols is 1. The molecule has 0 saturated heterocycles. The van der Waals surface area contributed by atoms with Crippen molar-refractivity contribution in [3.63, 3.8) is 0 Å². The molecule has 0 heterocycles. The zero-order valence-corrected chi connectivity index (χ0v) is 10.8. The van der Waals surface area contributed by atoms with Crippen LogP contribution >= 0.6 is 0 Å². The first-order valence-electron chi connectivity index (χ1n) is 6.22. The van der Waals surface area contributed by atoms with Gasteiger partial charge in [0, 0.05) is 19.8 Å². The van der Waals surface area contributed by atoms with E-state index in [0.717, 1.165) is 32.4 Å². The molecular formula is C14H23NO2. The molecule has 0 aromatic heterocycles. The number of methoxy groups -OCH3 is 1. The van der Waals surface area contributed by atoms with Crippen molar-refractivity contribution in [1.82, 2.24) is 5.32 Å². The predicted molar refractivity (Wildman–Crippen MR) is 70.4 cm³/mol. The Morgan fingerprint density at radius 1 is 1.24 bits per heavy atom. The Labute approximate surface area is 104 Å². The summed E-state index contributed by atoms with van der Waals surface area (Å²) < 4.78 is 5.00. The van der Waals surface area contributed by atoms with Crippen LogP contribution in [0.15, 0.2) is 24.3 Å². The maximum absolute atomic E-state index is 9.19. The quantitative estimate of drug-likeness (QED) is 0.682. The van der Waals surface area contributed by atoms with E-state index in [0.29, 0.717) is 11.8 Å². The van der Waals surface area contributed by atoms with Crippen LogP contribution in [0.25, 0.3) is 0 Å². The van der Waals surface area contributed by atoms with Crippen LogP contribution in [0.5, 0.6) is 5.75 Å². The smallest absolute Gasteiger partial charge is 0.115 e. The molecule has 0 radical (unpaired) electrons. The van der Waals surface area contributed by atoms with Crippen LogP contribution in [0.2, 0.25) is 0 Å². The number of aromatic hydroxyl groups is 1. The SMILES string of the molecule is COCCCCNC(C)Cc1ccc(O)cc1. The molecule has 96 valence electrons. The lowest BCUT2D eigenvalue weighted by Crippen LogP contribution is -2.29. The molecule has 0 bridgehead atoms. The van der Waals surface area contributed by atoms with Gasteiger partial charge in [0.05, 0.1) is 0 Å². The average Bonchev–Trinajstić information content (AvgIpc) is 2.32. The topological polar surface area (TPSA) is 41.5 Å². The summed E-state index contributed by atoms with van der Waals surface area (Å²) in [4.78, 5) is 0. The van der Waals surface area contributed by atoms with Gasteiger partial charge in [-0.15, -0.1) is 0 Å². The van der Waals surface area contributed by atoms with Gasteiger partial charge in [-0.05, 0) is 50.4 Å². The number of phenolic OH excluding ortho intramolecular Hbond substituents is 1. The molecule has 0 aliphatic heterocycles. The molecule has 0 spiro atoms. The Morgan fingerprint density at radius 3 is 2.59 bits per heavy atom. The second-order valence-electron chi connectivity index (χ2n) is 4.43. The summed E-state index contributed by atoms with van der Waals surface area (Å²) in [6.45, 7) is 4.06. The van der Waals surface area contributed by atoms with Crippen LogP contribution in [0, 0.1) is 0 Å². The van der Waals surface area contributed by atoms with Crippen LogP contribution in [0.4, 0.5) is 0 Å². The molecule has 2 N–H and O–H groups in total. The molecule has 17 heavy (non-hydrogen) atoms. The van der Waals surface area contributed by atoms with E-state index in [9.17, 15) is 5.11 Å². The molecular weight excluding hydrogens is 214 g/mol. The van der Waals surface area contributed by atoms with Crippen LogP contribution in [-0.4, -0.2) is 31.4 Å². The van der Waals surface area contributed by atoms with E-state index in [-0.39, 0.29) is 0 Å². The van der Waals surface area contributed by atoms with Crippen molar-refractivity contribution in [2.24, 2.45) is 0 Å². The minimum Gasteiger partial charge on any atom is -0.508 e. The Balaban J connectivity index is 2.16. The third kappa shape index (κ3) is 6.29. The van der Waals surface area contributed by atoms with E-state index in [1.165, 1.54) is 5.56 Å². The van der Waals surface area contributed by atoms with Gasteiger partial charge < -0.3 is 15.2 Å². The van der Waals surface area contributed by atoms with Gasteiger partial charge in [-0.25, -0.2) is 0 Å². The van der Waals surface area contributed by atoms with Gasteiger partial charge in [-0.3, -0.25) is 0 Å². The van der Waals surface area contributed by atoms with E-state index >= 15 is 0 Å². The number of unbranched alkanes of at least 4 members (excludes halogenated alkanes) is 1. The minimum absolute atomic E-state index is 0.328. The van der Waals surface area contributed by atoms with Gasteiger partial charge in [0.2, 0.25) is 0 Å². The van der Waals surface area contributed by atoms with Gasteiger partial charge in [-0.1, -0.05) is 12.1 Å². The molecule has 1 aromatic rings. The summed E-state index contributed by atoms with van der Waals surface area (Å²) in [6, 6.07) is 7.88. The van der Waals surface area contributed by atoms with Crippen LogP contribution in [0.3, 0.4) is 0 Å². The normalized spacial score (nSPS) is 12.6. The zero-order valence-electron chi connectivity index (χ0n) is 10.8. The fourth-order valence-corrected chi connectivity index (χ4v) is 1.78. The van der Waals surface area contributed by atoms with Crippen molar-refractivity contribution in [3.8, 4) is 5.75 Å². The van der Waals surface area contributed by atoms with Gasteiger partial charge in [0.25, 0.3) is 0 Å². The molecule has 1 unspecified atom stereocenters. The summed E-state index contributed by atoms with van der Waals surface area (Å²) >= 11 is 0. The first kappa shape index (κ1) is 14.0. The number of benzene rings is 1. The number of hydrogen-bond acceptors (Lipinski definition) is 3. The largest absolute Gasteiger partial charge is 0.508 e. The number of nitrogens with one attached hydrogen (secondary N) is 1. The molecule has 3 nitrogen and oxygen atoms in total. The lowest BCUT2D eigenvalue weighted by molar-refractivity contribution is 0.192. The Bertz CT molecular complexity index is 298. The third-order valence-corrected chi connectivity index (χ3v) is 2.75. The second-order valence-corrected chi connectivity index (χ2v) is 4.43. The molecule has 0 aliphatic carbocycles. The van der Waals surface area contributed by atoms with E-state index < -0.39 is 0 Å². The lowest BCUT2D eigenvalue weighted by Gasteiger charge is -2.13. The van der Waals surface area contributed by atoms with E-state index in [2.05, 4.69) is 12.2 Å². The highest BCUT2D eigenvalue weighted by atomic mass is 16.5. The molecule has 1 rings (SSSR count). The summed E-state index contributed by atoms with van der Waals surface area (Å²) in [5, 5.41) is 12.7. The highest BCUT2D eigenvalue weighted by Crippen LogP contribution is 2.11. The van der Waals surface area contributed by atoms with Gasteiger partial charge >= 0.3 is 0 Å². The summed E-state index contributed by atoms with van der Waals surface area (Å²) in [5.41, 5.74) is 1.25. The molecule has 0 amide bonds. The average molecular weight is 237 g/mol. The fourth-order valence-electron chi connectivity index (χ4n) is 1.78. The van der Waals surface area contributed by atoms with Gasteiger partial charge in [0.1, 0.15) is 5.75 Å². The predicted octanol–water partition coefficient (Wildman–Crippen LogP) is 2.34. The van der Waals surface area contributed by atoms with E-state index in [1.807, 2.05) is 12.1 Å². The highest BCUT2D eigenvalue weighted by molar-refractivity contribution is 5.26. The molecule has 0 saturated carbocycles. The maximum Gasteiger partial charge on any atom is 0.115 e. The van der Waals surface area contributed by atoms with Crippen molar-refractivity contribution < 1.29 is 9.84 Å². The number of rotatable bonds is 8. The number of ether oxygens (including phenoxy) is 1. The van der Waals surface area contributed by atoms with Crippen molar-refractivity contribution in [3.05, 3.63) is 29.8 Å². The number of hydrogen-bond donors (Lipinski definition) is 2. The molecule has 3 heteroatoms. The molecule has 1 aromatic carbocycles. The van der Waals surface area contributed by atoms with Crippen molar-refractivity contribution >= 4 is 0 Å². The second kappa shape index (κ2) is 8.09. The first-order valence-corrected chi connectivity index (χ1v) is 6.22. The van der Waals surface area contributed by atoms with E-state index in [1.54, 1.807) is 19.2 Å². The van der Waals surface area contributed by atoms with Crippen molar-refractivity contribution in [1.29, 1.82) is 0 Å².